The Balaban J connectivity index is 2.99. The average Bonchev–Trinajstić information content (AvgIpc) is 2.04. The first kappa shape index (κ1) is 8.54. The predicted molar refractivity (Wildman–Crippen MR) is 42.3 cm³/mol. The first-order valence-electron chi connectivity index (χ1n) is 3.46. The lowest BCUT2D eigenvalue weighted by Crippen LogP contribution is -1.88. The molecule has 0 aromatic heterocycles. The molecule has 0 atom stereocenters. The Labute approximate surface area is 70.2 Å². The van der Waals surface area contributed by atoms with E-state index in [1.807, 2.05) is 6.07 Å². The highest BCUT2D eigenvalue weighted by molar-refractivity contribution is 5.30. The second kappa shape index (κ2) is 3.72. The number of methoxy groups -OCH3 is 1. The van der Waals surface area contributed by atoms with E-state index in [2.05, 4.69) is 0 Å². The maximum Gasteiger partial charge on any atom is 0.127 e. The summed E-state index contributed by atoms with van der Waals surface area (Å²) >= 11 is 0. The van der Waals surface area contributed by atoms with Gasteiger partial charge in [-0.2, -0.15) is 5.26 Å². The van der Waals surface area contributed by atoms with E-state index in [1.54, 1.807) is 6.07 Å². The number of nitriles is 1. The van der Waals surface area contributed by atoms with E-state index in [1.165, 1.54) is 19.2 Å². The molecule has 0 radical (unpaired) electrons. The Morgan fingerprint density at radius 2 is 2.25 bits per heavy atom. The smallest absolute Gasteiger partial charge is 0.127 e. The van der Waals surface area contributed by atoms with Crippen LogP contribution in [0.4, 0.5) is 4.39 Å². The topological polar surface area (TPSA) is 33.0 Å². The Morgan fingerprint density at radius 1 is 1.50 bits per heavy atom. The molecule has 1 rings (SSSR count). The molecule has 0 aliphatic rings. The largest absolute Gasteiger partial charge is 0.497 e. The summed E-state index contributed by atoms with van der Waals surface area (Å²) in [5.41, 5.74) is 0.634. The van der Waals surface area contributed by atoms with E-state index in [-0.39, 0.29) is 12.2 Å². The van der Waals surface area contributed by atoms with E-state index in [0.717, 1.165) is 0 Å². The van der Waals surface area contributed by atoms with Gasteiger partial charge in [-0.25, -0.2) is 4.39 Å². The van der Waals surface area contributed by atoms with Crippen molar-refractivity contribution in [2.45, 2.75) is 6.42 Å². The molecule has 0 aliphatic heterocycles. The Hall–Kier alpha value is -1.56. The summed E-state index contributed by atoms with van der Waals surface area (Å²) in [6.45, 7) is 0. The van der Waals surface area contributed by atoms with Crippen LogP contribution in [0.5, 0.6) is 5.75 Å². The van der Waals surface area contributed by atoms with Gasteiger partial charge in [0.05, 0.1) is 19.6 Å². The van der Waals surface area contributed by atoms with Gasteiger partial charge in [0.1, 0.15) is 11.6 Å². The van der Waals surface area contributed by atoms with E-state index < -0.39 is 0 Å². The quantitative estimate of drug-likeness (QED) is 0.670. The zero-order valence-corrected chi connectivity index (χ0v) is 6.67. The predicted octanol–water partition coefficient (Wildman–Crippen LogP) is 1.90. The molecule has 62 valence electrons. The Bertz CT molecular complexity index is 317. The highest BCUT2D eigenvalue weighted by atomic mass is 19.1. The van der Waals surface area contributed by atoms with Crippen molar-refractivity contribution in [3.8, 4) is 11.8 Å². The van der Waals surface area contributed by atoms with E-state index in [0.29, 0.717) is 11.3 Å². The van der Waals surface area contributed by atoms with Crippen molar-refractivity contribution in [2.24, 2.45) is 0 Å². The van der Waals surface area contributed by atoms with Crippen molar-refractivity contribution in [3.05, 3.63) is 29.6 Å². The van der Waals surface area contributed by atoms with Crippen LogP contribution in [0.25, 0.3) is 0 Å². The summed E-state index contributed by atoms with van der Waals surface area (Å²) in [6, 6.07) is 6.19. The Kier molecular flexibility index (Phi) is 2.65. The van der Waals surface area contributed by atoms with Crippen LogP contribution in [0.1, 0.15) is 5.56 Å². The summed E-state index contributed by atoms with van der Waals surface area (Å²) in [4.78, 5) is 0. The lowest BCUT2D eigenvalue weighted by atomic mass is 10.1. The summed E-state index contributed by atoms with van der Waals surface area (Å²) in [6.07, 6.45) is 0.202. The zero-order chi connectivity index (χ0) is 8.97. The fraction of sp³-hybridized carbons (Fsp3) is 0.222. The number of halogens is 1. The number of benzene rings is 1. The molecular weight excluding hydrogens is 157 g/mol. The molecule has 1 aromatic rings. The maximum atomic E-state index is 12.7. The molecule has 0 saturated heterocycles. The van der Waals surface area contributed by atoms with Crippen LogP contribution >= 0.6 is 0 Å². The molecule has 0 spiro atoms. The lowest BCUT2D eigenvalue weighted by Gasteiger charge is -2.01. The summed E-state index contributed by atoms with van der Waals surface area (Å²) in [5, 5.41) is 8.36. The van der Waals surface area contributed by atoms with Crippen LogP contribution in [0, 0.1) is 17.1 Å². The van der Waals surface area contributed by atoms with Gasteiger partial charge in [-0.15, -0.1) is 0 Å². The molecule has 2 nitrogen and oxygen atoms in total. The molecule has 1 aromatic carbocycles. The van der Waals surface area contributed by atoms with Crippen molar-refractivity contribution < 1.29 is 9.13 Å². The SMILES string of the molecule is COc1cc(F)cc(CC#N)c1. The van der Waals surface area contributed by atoms with Gasteiger partial charge in [-0.1, -0.05) is 0 Å². The van der Waals surface area contributed by atoms with E-state index in [4.69, 9.17) is 10.00 Å². The summed E-state index contributed by atoms with van der Waals surface area (Å²) in [5.74, 6) is 0.0693. The number of hydrogen-bond donors (Lipinski definition) is 0. The maximum absolute atomic E-state index is 12.7. The van der Waals surface area contributed by atoms with Crippen LogP contribution in [0.2, 0.25) is 0 Å². The van der Waals surface area contributed by atoms with Crippen LogP contribution in [-0.2, 0) is 6.42 Å². The van der Waals surface area contributed by atoms with Gasteiger partial charge >= 0.3 is 0 Å². The highest BCUT2D eigenvalue weighted by Crippen LogP contribution is 2.15. The third kappa shape index (κ3) is 1.96. The Morgan fingerprint density at radius 3 is 2.83 bits per heavy atom. The summed E-state index contributed by atoms with van der Waals surface area (Å²) in [7, 11) is 1.46. The van der Waals surface area contributed by atoms with Crippen molar-refractivity contribution in [1.82, 2.24) is 0 Å². The van der Waals surface area contributed by atoms with Crippen molar-refractivity contribution in [1.29, 1.82) is 5.26 Å². The standard InChI is InChI=1S/C9H8FNO/c1-12-9-5-7(2-3-11)4-8(10)6-9/h4-6H,2H2,1H3. The molecular formula is C9H8FNO. The van der Waals surface area contributed by atoms with Gasteiger partial charge in [0.15, 0.2) is 0 Å². The fourth-order valence-electron chi connectivity index (χ4n) is 0.932. The number of hydrogen-bond acceptors (Lipinski definition) is 2. The first-order chi connectivity index (χ1) is 5.76. The first-order valence-corrected chi connectivity index (χ1v) is 3.46. The van der Waals surface area contributed by atoms with Crippen LogP contribution in [0.3, 0.4) is 0 Å². The molecule has 0 amide bonds. The molecule has 0 unspecified atom stereocenters. The molecule has 3 heteroatoms. The monoisotopic (exact) mass is 165 g/mol. The molecule has 0 N–H and O–H groups in total. The molecule has 0 aliphatic carbocycles. The third-order valence-electron chi connectivity index (χ3n) is 1.45. The van der Waals surface area contributed by atoms with Crippen LogP contribution < -0.4 is 4.74 Å². The minimum Gasteiger partial charge on any atom is -0.497 e. The number of nitrogens with zero attached hydrogens (tertiary/aromatic N) is 1. The van der Waals surface area contributed by atoms with Gasteiger partial charge in [0, 0.05) is 6.07 Å². The number of ether oxygens (including phenoxy) is 1. The van der Waals surface area contributed by atoms with Gasteiger partial charge < -0.3 is 4.74 Å². The lowest BCUT2D eigenvalue weighted by molar-refractivity contribution is 0.411. The second-order valence-electron chi connectivity index (χ2n) is 2.33. The highest BCUT2D eigenvalue weighted by Gasteiger charge is 1.99. The second-order valence-corrected chi connectivity index (χ2v) is 2.33. The molecule has 12 heavy (non-hydrogen) atoms. The van der Waals surface area contributed by atoms with Crippen molar-refractivity contribution >= 4 is 0 Å². The van der Waals surface area contributed by atoms with Crippen molar-refractivity contribution in [3.63, 3.8) is 0 Å². The van der Waals surface area contributed by atoms with E-state index in [9.17, 15) is 4.39 Å². The fourth-order valence-corrected chi connectivity index (χ4v) is 0.932. The van der Waals surface area contributed by atoms with Crippen molar-refractivity contribution in [2.75, 3.05) is 7.11 Å². The molecule has 0 bridgehead atoms. The number of rotatable bonds is 2. The average molecular weight is 165 g/mol. The molecule has 0 heterocycles. The van der Waals surface area contributed by atoms with Crippen LogP contribution in [-0.4, -0.2) is 7.11 Å². The van der Waals surface area contributed by atoms with Gasteiger partial charge in [-0.3, -0.25) is 0 Å². The van der Waals surface area contributed by atoms with E-state index >= 15 is 0 Å². The minimum atomic E-state index is -0.375. The molecule has 0 fully saturated rings. The summed E-state index contributed by atoms with van der Waals surface area (Å²) < 4.78 is 17.6. The van der Waals surface area contributed by atoms with Crippen LogP contribution in [0.15, 0.2) is 18.2 Å². The van der Waals surface area contributed by atoms with Gasteiger partial charge in [-0.05, 0) is 17.7 Å². The normalized spacial score (nSPS) is 9.08. The molecule has 0 saturated carbocycles. The third-order valence-corrected chi connectivity index (χ3v) is 1.45. The zero-order valence-electron chi connectivity index (χ0n) is 6.67. The minimum absolute atomic E-state index is 0.202. The van der Waals surface area contributed by atoms with Gasteiger partial charge in [0.25, 0.3) is 0 Å². The van der Waals surface area contributed by atoms with Gasteiger partial charge in [0.2, 0.25) is 0 Å².